The van der Waals surface area contributed by atoms with Crippen LogP contribution in [0.2, 0.25) is 0 Å². The number of hydrogen-bond donors (Lipinski definition) is 1. The third kappa shape index (κ3) is 5.70. The predicted molar refractivity (Wildman–Crippen MR) is 215 cm³/mol. The minimum absolute atomic E-state index is 0.0152. The summed E-state index contributed by atoms with van der Waals surface area (Å²) in [6, 6.07) is 46.6. The summed E-state index contributed by atoms with van der Waals surface area (Å²) in [7, 11) is 0. The molecule has 8 bridgehead atoms. The van der Waals surface area contributed by atoms with Crippen LogP contribution in [-0.2, 0) is 0 Å². The Balaban J connectivity index is 1.41. The lowest BCUT2D eigenvalue weighted by Gasteiger charge is -2.22. The number of aliphatic imine (C=N–C) groups is 3. The van der Waals surface area contributed by atoms with Gasteiger partial charge in [-0.05, 0) is 70.7 Å². The van der Waals surface area contributed by atoms with Gasteiger partial charge in [0.25, 0.3) is 0 Å². The number of nitrogens with one attached hydrogen (secondary N) is 1. The van der Waals surface area contributed by atoms with E-state index in [9.17, 15) is 0 Å². The van der Waals surface area contributed by atoms with E-state index in [1.807, 2.05) is 0 Å². The molecule has 0 radical (unpaired) electrons. The lowest BCUT2D eigenvalue weighted by molar-refractivity contribution is 0.819. The number of hydrogen-bond acceptors (Lipinski definition) is 3. The van der Waals surface area contributed by atoms with Gasteiger partial charge >= 0.3 is 0 Å². The summed E-state index contributed by atoms with van der Waals surface area (Å²) < 4.78 is 0. The second kappa shape index (κ2) is 13.4. The van der Waals surface area contributed by atoms with Crippen LogP contribution in [0.3, 0.4) is 0 Å². The van der Waals surface area contributed by atoms with E-state index in [0.29, 0.717) is 0 Å². The zero-order chi connectivity index (χ0) is 34.1. The van der Waals surface area contributed by atoms with Crippen molar-refractivity contribution < 1.29 is 0 Å². The fourth-order valence-electron chi connectivity index (χ4n) is 7.50. The van der Waals surface area contributed by atoms with Crippen molar-refractivity contribution in [2.45, 2.75) is 6.42 Å². The van der Waals surface area contributed by atoms with Crippen LogP contribution >= 0.6 is 15.9 Å². The maximum absolute atomic E-state index is 5.44. The molecule has 5 heterocycles. The fourth-order valence-corrected chi connectivity index (χ4v) is 7.96. The first kappa shape index (κ1) is 31.1. The Morgan fingerprint density at radius 2 is 0.922 bits per heavy atom. The van der Waals surface area contributed by atoms with Crippen molar-refractivity contribution in [1.29, 1.82) is 0 Å². The SMILES string of the molecule is BrCCC1C2=CN=C1C(c1ccccc1)=C1C=CC(=N1)C(c1ccccc1)=c1ccc([nH]1)=C(c1ccccc1)C1=NC(=C2c2ccccc2)C=C1. The van der Waals surface area contributed by atoms with Crippen LogP contribution in [0.4, 0.5) is 0 Å². The van der Waals surface area contributed by atoms with Crippen LogP contribution < -0.4 is 10.7 Å². The van der Waals surface area contributed by atoms with Gasteiger partial charge in [0.1, 0.15) is 0 Å². The third-order valence-electron chi connectivity index (χ3n) is 9.77. The van der Waals surface area contributed by atoms with Gasteiger partial charge in [0.15, 0.2) is 0 Å². The maximum atomic E-state index is 5.44. The van der Waals surface area contributed by atoms with Gasteiger partial charge in [0, 0.05) is 50.4 Å². The molecule has 1 atom stereocenters. The molecule has 4 aliphatic heterocycles. The Bertz CT molecular complexity index is 2370. The second-order valence-corrected chi connectivity index (χ2v) is 13.6. The highest BCUT2D eigenvalue weighted by molar-refractivity contribution is 9.09. The molecule has 4 aromatic carbocycles. The Hall–Kier alpha value is -5.91. The lowest BCUT2D eigenvalue weighted by Crippen LogP contribution is -2.21. The summed E-state index contributed by atoms with van der Waals surface area (Å²) in [6.07, 6.45) is 11.6. The van der Waals surface area contributed by atoms with Crippen LogP contribution in [0.15, 0.2) is 196 Å². The van der Waals surface area contributed by atoms with Gasteiger partial charge < -0.3 is 4.98 Å². The number of alkyl halides is 1. The van der Waals surface area contributed by atoms with E-state index < -0.39 is 0 Å². The average molecular weight is 722 g/mol. The molecule has 0 aliphatic carbocycles. The molecular weight excluding hydrogens is 688 g/mol. The van der Waals surface area contributed by atoms with Crippen LogP contribution in [0.5, 0.6) is 0 Å². The standard InChI is InChI=1S/C46H33BrN4/c47-28-27-34-35-29-48-46(34)45(33-19-11-4-12-20-33)41-26-25-40(51-41)44(32-17-9-3-10-18-32)39-24-23-38(50-39)43(31-15-7-2-8-16-31)37-22-21-36(49-37)42(35)30-13-5-1-6-14-30/h1-26,29,34,50H,27-28H2. The number of aromatic amines is 1. The molecule has 9 rings (SSSR count). The van der Waals surface area contributed by atoms with Crippen molar-refractivity contribution in [3.8, 4) is 0 Å². The first-order valence-corrected chi connectivity index (χ1v) is 18.4. The molecule has 0 fully saturated rings. The zero-order valence-corrected chi connectivity index (χ0v) is 29.4. The number of H-pyrrole nitrogens is 1. The molecule has 0 saturated heterocycles. The molecule has 244 valence electrons. The van der Waals surface area contributed by atoms with Crippen molar-refractivity contribution >= 4 is 55.4 Å². The van der Waals surface area contributed by atoms with Gasteiger partial charge in [-0.1, -0.05) is 137 Å². The third-order valence-corrected chi connectivity index (χ3v) is 10.2. The first-order valence-electron chi connectivity index (χ1n) is 17.3. The Morgan fingerprint density at radius 3 is 1.39 bits per heavy atom. The number of nitrogens with zero attached hydrogens (tertiary/aromatic N) is 3. The Kier molecular flexibility index (Phi) is 8.19. The highest BCUT2D eigenvalue weighted by Crippen LogP contribution is 2.43. The maximum Gasteiger partial charge on any atom is 0.0737 e. The van der Waals surface area contributed by atoms with Gasteiger partial charge in [-0.3, -0.25) is 4.99 Å². The monoisotopic (exact) mass is 720 g/mol. The quantitative estimate of drug-likeness (QED) is 0.170. The molecule has 0 amide bonds. The van der Waals surface area contributed by atoms with Crippen LogP contribution in [0.1, 0.15) is 28.7 Å². The van der Waals surface area contributed by atoms with E-state index in [4.69, 9.17) is 15.0 Å². The summed E-state index contributed by atoms with van der Waals surface area (Å²) >= 11 is 3.81. The molecule has 0 spiro atoms. The minimum atomic E-state index is 0.0152. The van der Waals surface area contributed by atoms with Crippen LogP contribution in [0, 0.1) is 5.92 Å². The summed E-state index contributed by atoms with van der Waals surface area (Å²) in [4.78, 5) is 20.0. The fraction of sp³-hybridized carbons (Fsp3) is 0.0652. The number of allylic oxidation sites excluding steroid dienone is 7. The van der Waals surface area contributed by atoms with E-state index in [1.165, 1.54) is 0 Å². The van der Waals surface area contributed by atoms with Gasteiger partial charge in [0.05, 0.1) is 28.5 Å². The summed E-state index contributed by atoms with van der Waals surface area (Å²) in [5, 5.41) is 2.81. The molecule has 0 saturated carbocycles. The smallest absolute Gasteiger partial charge is 0.0737 e. The molecular formula is C46H33BrN4. The molecule has 5 heteroatoms. The van der Waals surface area contributed by atoms with Crippen LogP contribution in [0.25, 0.3) is 22.3 Å². The van der Waals surface area contributed by atoms with Crippen molar-refractivity contribution in [2.24, 2.45) is 20.9 Å². The predicted octanol–water partition coefficient (Wildman–Crippen LogP) is 9.01. The summed E-state index contributed by atoms with van der Waals surface area (Å²) in [5.41, 5.74) is 14.5. The van der Waals surface area contributed by atoms with Crippen LogP contribution in [-0.4, -0.2) is 27.4 Å². The van der Waals surface area contributed by atoms with E-state index >= 15 is 0 Å². The molecule has 1 unspecified atom stereocenters. The number of rotatable bonds is 6. The number of halogens is 1. The van der Waals surface area contributed by atoms with Crippen molar-refractivity contribution in [1.82, 2.24) is 4.98 Å². The van der Waals surface area contributed by atoms with Gasteiger partial charge in [0.2, 0.25) is 0 Å². The molecule has 4 nitrogen and oxygen atoms in total. The highest BCUT2D eigenvalue weighted by Gasteiger charge is 2.34. The molecule has 4 aliphatic rings. The number of benzene rings is 4. The highest BCUT2D eigenvalue weighted by atomic mass is 79.9. The molecule has 51 heavy (non-hydrogen) atoms. The minimum Gasteiger partial charge on any atom is -0.354 e. The number of aromatic nitrogens is 1. The van der Waals surface area contributed by atoms with E-state index in [0.717, 1.165) is 101 Å². The largest absolute Gasteiger partial charge is 0.354 e. The summed E-state index contributed by atoms with van der Waals surface area (Å²) in [5.74, 6) is 0.0152. The molecule has 1 N–H and O–H groups in total. The van der Waals surface area contributed by atoms with Gasteiger partial charge in [-0.15, -0.1) is 0 Å². The van der Waals surface area contributed by atoms with Crippen molar-refractivity contribution in [3.63, 3.8) is 0 Å². The lowest BCUT2D eigenvalue weighted by atomic mass is 9.81. The van der Waals surface area contributed by atoms with E-state index in [-0.39, 0.29) is 5.92 Å². The van der Waals surface area contributed by atoms with Gasteiger partial charge in [-0.2, -0.15) is 0 Å². The molecule has 5 aromatic rings. The summed E-state index contributed by atoms with van der Waals surface area (Å²) in [6.45, 7) is 0. The first-order chi connectivity index (χ1) is 25.3. The topological polar surface area (TPSA) is 52.9 Å². The molecule has 1 aromatic heterocycles. The number of fused-ring (bicyclic) bond motifs is 6. The average Bonchev–Trinajstić information content (AvgIpc) is 4.02. The van der Waals surface area contributed by atoms with Crippen molar-refractivity contribution in [3.05, 3.63) is 214 Å². The van der Waals surface area contributed by atoms with Gasteiger partial charge in [-0.25, -0.2) is 9.98 Å². The zero-order valence-electron chi connectivity index (χ0n) is 27.8. The normalized spacial score (nSPS) is 17.9. The van der Waals surface area contributed by atoms with E-state index in [1.54, 1.807) is 0 Å². The Labute approximate surface area is 305 Å². The van der Waals surface area contributed by atoms with E-state index in [2.05, 4.69) is 185 Å². The van der Waals surface area contributed by atoms with Crippen molar-refractivity contribution in [2.75, 3.05) is 5.33 Å². The Morgan fingerprint density at radius 1 is 0.490 bits per heavy atom. The second-order valence-electron chi connectivity index (χ2n) is 12.8.